The lowest BCUT2D eigenvalue weighted by Gasteiger charge is -2.27. The number of aliphatic hydroxyl groups is 1. The van der Waals surface area contributed by atoms with Crippen LogP contribution < -0.4 is 4.74 Å². The van der Waals surface area contributed by atoms with Crippen molar-refractivity contribution in [1.29, 1.82) is 0 Å². The molecule has 0 saturated heterocycles. The molecular weight excluding hydrogens is 404 g/mol. The number of halogens is 1. The van der Waals surface area contributed by atoms with Crippen molar-refractivity contribution in [2.24, 2.45) is 5.16 Å². The van der Waals surface area contributed by atoms with Gasteiger partial charge in [-0.2, -0.15) is 0 Å². The quantitative estimate of drug-likeness (QED) is 0.586. The molecule has 2 aromatic rings. The Morgan fingerprint density at radius 1 is 1.27 bits per heavy atom. The van der Waals surface area contributed by atoms with E-state index in [2.05, 4.69) is 16.1 Å². The molecule has 0 bridgehead atoms. The van der Waals surface area contributed by atoms with Gasteiger partial charge in [0.1, 0.15) is 11.9 Å². The maximum Gasteiger partial charge on any atom is 0.145 e. The molecule has 2 atom stereocenters. The number of hydrogen-bond donors (Lipinski definition) is 1. The molecular formula is C23H29ClN2O4. The lowest BCUT2D eigenvalue weighted by molar-refractivity contribution is 0.000485. The Hall–Kier alpha value is -2.12. The van der Waals surface area contributed by atoms with Crippen LogP contribution in [-0.4, -0.2) is 61.3 Å². The number of oxime groups is 1. The molecule has 1 heterocycles. The molecule has 0 aromatic heterocycles. The molecule has 1 N–H and O–H groups in total. The molecule has 0 aliphatic carbocycles. The largest absolute Gasteiger partial charge is 0.497 e. The lowest BCUT2D eigenvalue weighted by atomic mass is 10.0. The Balaban J connectivity index is 1.63. The first-order chi connectivity index (χ1) is 14.6. The second-order valence-electron chi connectivity index (χ2n) is 7.34. The number of rotatable bonds is 11. The predicted molar refractivity (Wildman–Crippen MR) is 118 cm³/mol. The summed E-state index contributed by atoms with van der Waals surface area (Å²) in [5.41, 5.74) is 3.03. The highest BCUT2D eigenvalue weighted by Crippen LogP contribution is 2.21. The molecule has 162 valence electrons. The second-order valence-corrected chi connectivity index (χ2v) is 7.77. The van der Waals surface area contributed by atoms with Crippen LogP contribution in [0.3, 0.4) is 0 Å². The van der Waals surface area contributed by atoms with E-state index in [4.69, 9.17) is 25.9 Å². The third-order valence-corrected chi connectivity index (χ3v) is 5.15. The summed E-state index contributed by atoms with van der Waals surface area (Å²) in [6.45, 7) is 4.59. The van der Waals surface area contributed by atoms with Gasteiger partial charge in [0.15, 0.2) is 0 Å². The summed E-state index contributed by atoms with van der Waals surface area (Å²) in [5, 5.41) is 15.4. The van der Waals surface area contributed by atoms with Crippen LogP contribution in [0.5, 0.6) is 5.75 Å². The van der Waals surface area contributed by atoms with Gasteiger partial charge in [0.25, 0.3) is 0 Å². The van der Waals surface area contributed by atoms with Gasteiger partial charge in [0, 0.05) is 37.7 Å². The minimum absolute atomic E-state index is 0.0828. The first-order valence-corrected chi connectivity index (χ1v) is 10.5. The second kappa shape index (κ2) is 11.3. The molecule has 30 heavy (non-hydrogen) atoms. The van der Waals surface area contributed by atoms with Crippen molar-refractivity contribution in [3.8, 4) is 5.75 Å². The van der Waals surface area contributed by atoms with Gasteiger partial charge < -0.3 is 19.4 Å². The van der Waals surface area contributed by atoms with E-state index in [0.717, 1.165) is 22.6 Å². The Labute approximate surface area is 183 Å². The van der Waals surface area contributed by atoms with Crippen LogP contribution in [-0.2, 0) is 16.1 Å². The van der Waals surface area contributed by atoms with Crippen LogP contribution in [0.25, 0.3) is 0 Å². The first kappa shape index (κ1) is 22.6. The Morgan fingerprint density at radius 2 is 2.07 bits per heavy atom. The molecule has 0 saturated carbocycles. The van der Waals surface area contributed by atoms with Crippen LogP contribution in [0.15, 0.2) is 53.7 Å². The van der Waals surface area contributed by atoms with Crippen molar-refractivity contribution >= 4 is 17.3 Å². The summed E-state index contributed by atoms with van der Waals surface area (Å²) in [7, 11) is 1.66. The van der Waals surface area contributed by atoms with Crippen LogP contribution in [0, 0.1) is 0 Å². The molecule has 7 heteroatoms. The Morgan fingerprint density at radius 3 is 2.80 bits per heavy atom. The zero-order valence-electron chi connectivity index (χ0n) is 17.5. The number of benzene rings is 2. The van der Waals surface area contributed by atoms with Crippen LogP contribution >= 0.6 is 11.6 Å². The topological polar surface area (TPSA) is 63.5 Å². The van der Waals surface area contributed by atoms with Crippen molar-refractivity contribution in [2.75, 3.05) is 33.4 Å². The van der Waals surface area contributed by atoms with Gasteiger partial charge in [-0.1, -0.05) is 41.0 Å². The number of aliphatic hydroxyl groups excluding tert-OH is 1. The molecule has 3 rings (SSSR count). The van der Waals surface area contributed by atoms with E-state index < -0.39 is 6.10 Å². The Kier molecular flexibility index (Phi) is 8.51. The van der Waals surface area contributed by atoms with Crippen LogP contribution in [0.1, 0.15) is 24.5 Å². The highest BCUT2D eigenvalue weighted by molar-refractivity contribution is 6.30. The minimum atomic E-state index is -0.575. The fourth-order valence-electron chi connectivity index (χ4n) is 3.46. The molecule has 0 amide bonds. The van der Waals surface area contributed by atoms with E-state index >= 15 is 0 Å². The van der Waals surface area contributed by atoms with E-state index in [1.54, 1.807) is 7.11 Å². The van der Waals surface area contributed by atoms with E-state index in [9.17, 15) is 5.11 Å². The number of nitrogens with zero attached hydrogens (tertiary/aromatic N) is 2. The molecule has 0 unspecified atom stereocenters. The standard InChI is InChI=1S/C23H29ClN2O4/c1-3-29-16-20(27)14-26(13-17-5-4-6-21(11-17)28-2)15-22-12-23(25-30-22)18-7-9-19(24)10-8-18/h4-11,20,22,27H,3,12-16H2,1-2H3/t20-,22+/m1/s1. The van der Waals surface area contributed by atoms with Crippen molar-refractivity contribution in [1.82, 2.24) is 4.90 Å². The number of ether oxygens (including phenoxy) is 2. The third-order valence-electron chi connectivity index (χ3n) is 4.90. The van der Waals surface area contributed by atoms with E-state index in [0.29, 0.717) is 44.3 Å². The summed E-state index contributed by atoms with van der Waals surface area (Å²) in [6.07, 6.45) is 0.0480. The van der Waals surface area contributed by atoms with Gasteiger partial charge in [-0.25, -0.2) is 0 Å². The van der Waals surface area contributed by atoms with Crippen LogP contribution in [0.2, 0.25) is 5.02 Å². The molecule has 0 radical (unpaired) electrons. The first-order valence-electron chi connectivity index (χ1n) is 10.2. The van der Waals surface area contributed by atoms with Crippen LogP contribution in [0.4, 0.5) is 0 Å². The highest BCUT2D eigenvalue weighted by atomic mass is 35.5. The summed E-state index contributed by atoms with van der Waals surface area (Å²) < 4.78 is 10.7. The van der Waals surface area contributed by atoms with Gasteiger partial charge in [-0.15, -0.1) is 0 Å². The number of hydrogen-bond acceptors (Lipinski definition) is 6. The lowest BCUT2D eigenvalue weighted by Crippen LogP contribution is -2.39. The molecule has 2 aromatic carbocycles. The van der Waals surface area contributed by atoms with E-state index in [1.165, 1.54) is 0 Å². The zero-order chi connectivity index (χ0) is 21.3. The van der Waals surface area contributed by atoms with Gasteiger partial charge in [-0.3, -0.25) is 4.90 Å². The van der Waals surface area contributed by atoms with Gasteiger partial charge in [0.2, 0.25) is 0 Å². The summed E-state index contributed by atoms with van der Waals surface area (Å²) in [4.78, 5) is 7.87. The SMILES string of the molecule is CCOC[C@H](O)CN(Cc1cccc(OC)c1)C[C@@H]1CC(c2ccc(Cl)cc2)=NO1. The maximum absolute atomic E-state index is 10.4. The van der Waals surface area contributed by atoms with E-state index in [-0.39, 0.29) is 6.10 Å². The smallest absolute Gasteiger partial charge is 0.145 e. The normalized spacial score (nSPS) is 17.0. The molecule has 6 nitrogen and oxygen atoms in total. The third kappa shape index (κ3) is 6.71. The fourth-order valence-corrected chi connectivity index (χ4v) is 3.59. The maximum atomic E-state index is 10.4. The molecule has 0 fully saturated rings. The van der Waals surface area contributed by atoms with Crippen molar-refractivity contribution in [2.45, 2.75) is 32.1 Å². The van der Waals surface area contributed by atoms with Crippen molar-refractivity contribution < 1.29 is 19.4 Å². The highest BCUT2D eigenvalue weighted by Gasteiger charge is 2.26. The zero-order valence-corrected chi connectivity index (χ0v) is 18.2. The minimum Gasteiger partial charge on any atom is -0.497 e. The van der Waals surface area contributed by atoms with Gasteiger partial charge in [0.05, 0.1) is 25.5 Å². The molecule has 1 aliphatic rings. The van der Waals surface area contributed by atoms with Gasteiger partial charge >= 0.3 is 0 Å². The monoisotopic (exact) mass is 432 g/mol. The summed E-state index contributed by atoms with van der Waals surface area (Å²) >= 11 is 5.98. The molecule has 1 aliphatic heterocycles. The predicted octanol–water partition coefficient (Wildman–Crippen LogP) is 3.74. The van der Waals surface area contributed by atoms with Gasteiger partial charge in [-0.05, 0) is 42.3 Å². The summed E-state index contributed by atoms with van der Waals surface area (Å²) in [6, 6.07) is 15.6. The average molecular weight is 433 g/mol. The number of methoxy groups -OCH3 is 1. The van der Waals surface area contributed by atoms with E-state index in [1.807, 2.05) is 49.4 Å². The van der Waals surface area contributed by atoms with Crippen molar-refractivity contribution in [3.05, 3.63) is 64.7 Å². The fraction of sp³-hybridized carbons (Fsp3) is 0.435. The van der Waals surface area contributed by atoms with Crippen molar-refractivity contribution in [3.63, 3.8) is 0 Å². The molecule has 0 spiro atoms. The average Bonchev–Trinajstić information content (AvgIpc) is 3.21. The Bertz CT molecular complexity index is 828. The summed E-state index contributed by atoms with van der Waals surface area (Å²) in [5.74, 6) is 0.813.